The molecule has 34 heavy (non-hydrogen) atoms. The van der Waals surface area contributed by atoms with Gasteiger partial charge in [0.05, 0.1) is 30.1 Å². The second-order valence-electron chi connectivity index (χ2n) is 7.32. The van der Waals surface area contributed by atoms with Crippen LogP contribution in [0, 0.1) is 0 Å². The zero-order chi connectivity index (χ0) is 24.3. The Bertz CT molecular complexity index is 1450. The highest BCUT2D eigenvalue weighted by atomic mass is 32.2. The number of nitrogens with one attached hydrogen (secondary N) is 2. The van der Waals surface area contributed by atoms with Crippen molar-refractivity contribution in [2.24, 2.45) is 0 Å². The number of rotatable bonds is 8. The van der Waals surface area contributed by atoms with Crippen LogP contribution >= 0.6 is 0 Å². The Morgan fingerprint density at radius 2 is 1.38 bits per heavy atom. The zero-order valence-corrected chi connectivity index (χ0v) is 19.5. The highest BCUT2D eigenvalue weighted by Gasteiger charge is 2.20. The molecule has 0 unspecified atom stereocenters. The Hall–Kier alpha value is -4.18. The molecule has 0 saturated carbocycles. The monoisotopic (exact) mass is 478 g/mol. The van der Waals surface area contributed by atoms with E-state index in [9.17, 15) is 13.2 Å². The number of hydrogen-bond donors (Lipinski definition) is 2. The first-order valence-corrected chi connectivity index (χ1v) is 11.7. The number of anilines is 3. The maximum absolute atomic E-state index is 13.1. The molecule has 9 nitrogen and oxygen atoms in total. The minimum absolute atomic E-state index is 0.0103. The van der Waals surface area contributed by atoms with Crippen molar-refractivity contribution < 1.29 is 22.7 Å². The molecule has 0 radical (unpaired) electrons. The van der Waals surface area contributed by atoms with Gasteiger partial charge in [-0.15, -0.1) is 0 Å². The summed E-state index contributed by atoms with van der Waals surface area (Å²) in [6, 6.07) is 17.9. The number of carbonyl (C=O) groups excluding carboxylic acids is 1. The normalized spacial score (nSPS) is 11.1. The smallest absolute Gasteiger partial charge is 0.263 e. The van der Waals surface area contributed by atoms with E-state index in [4.69, 9.17) is 9.47 Å². The van der Waals surface area contributed by atoms with Crippen LogP contribution in [0.15, 0.2) is 71.6 Å². The van der Waals surface area contributed by atoms with Gasteiger partial charge in [0.1, 0.15) is 11.5 Å². The number of para-hydroxylation sites is 2. The average Bonchev–Trinajstić information content (AvgIpc) is 2.84. The summed E-state index contributed by atoms with van der Waals surface area (Å²) in [5.41, 5.74) is 2.07. The van der Waals surface area contributed by atoms with Gasteiger partial charge in [-0.2, -0.15) is 0 Å². The molecule has 0 aliphatic carbocycles. The first kappa shape index (κ1) is 23.0. The standard InChI is InChI=1S/C24H22N4O5S/c1-15(29)16-8-10-20(11-9-16)34(30,31)28-24-23(26-21-6-4-5-7-22(21)27-24)25-17-12-18(32-2)14-19(13-17)33-3/h4-14H,1-3H3,(H,25,26)(H,27,28). The fourth-order valence-electron chi connectivity index (χ4n) is 3.23. The molecule has 0 bridgehead atoms. The summed E-state index contributed by atoms with van der Waals surface area (Å²) in [7, 11) is -0.952. The number of Topliss-reactive ketones (excluding diaryl/α,β-unsaturated/α-hetero) is 1. The SMILES string of the molecule is COc1cc(Nc2nc3ccccc3nc2NS(=O)(=O)c2ccc(C(C)=O)cc2)cc(OC)c1. The number of aromatic nitrogens is 2. The van der Waals surface area contributed by atoms with Gasteiger partial charge in [-0.05, 0) is 31.2 Å². The Morgan fingerprint density at radius 3 is 1.91 bits per heavy atom. The lowest BCUT2D eigenvalue weighted by molar-refractivity contribution is 0.101. The molecule has 2 N–H and O–H groups in total. The summed E-state index contributed by atoms with van der Waals surface area (Å²) < 4.78 is 39.3. The van der Waals surface area contributed by atoms with Crippen LogP contribution in [0.2, 0.25) is 0 Å². The van der Waals surface area contributed by atoms with Crippen molar-refractivity contribution in [3.63, 3.8) is 0 Å². The summed E-state index contributed by atoms with van der Waals surface area (Å²) in [6.45, 7) is 1.41. The quantitative estimate of drug-likeness (QED) is 0.358. The maximum Gasteiger partial charge on any atom is 0.263 e. The molecule has 4 aromatic rings. The molecule has 174 valence electrons. The first-order valence-electron chi connectivity index (χ1n) is 10.2. The number of benzene rings is 3. The molecule has 0 amide bonds. The molecule has 0 atom stereocenters. The van der Waals surface area contributed by atoms with Gasteiger partial charge in [0.25, 0.3) is 10.0 Å². The summed E-state index contributed by atoms with van der Waals surface area (Å²) in [4.78, 5) is 20.6. The Labute approximate surface area is 196 Å². The molecule has 0 fully saturated rings. The molecule has 0 aliphatic rings. The van der Waals surface area contributed by atoms with Crippen molar-refractivity contribution in [2.45, 2.75) is 11.8 Å². The summed E-state index contributed by atoms with van der Waals surface area (Å²) >= 11 is 0. The summed E-state index contributed by atoms with van der Waals surface area (Å²) in [5, 5.41) is 3.11. The largest absolute Gasteiger partial charge is 0.497 e. The lowest BCUT2D eigenvalue weighted by Gasteiger charge is -2.15. The van der Waals surface area contributed by atoms with Crippen molar-refractivity contribution in [1.82, 2.24) is 9.97 Å². The lowest BCUT2D eigenvalue weighted by Crippen LogP contribution is -2.16. The van der Waals surface area contributed by atoms with Gasteiger partial charge in [0, 0.05) is 29.4 Å². The predicted molar refractivity (Wildman–Crippen MR) is 130 cm³/mol. The van der Waals surface area contributed by atoms with Crippen LogP contribution < -0.4 is 19.5 Å². The number of ether oxygens (including phenoxy) is 2. The first-order chi connectivity index (χ1) is 16.3. The lowest BCUT2D eigenvalue weighted by atomic mass is 10.2. The number of nitrogens with zero attached hydrogens (tertiary/aromatic N) is 2. The molecular weight excluding hydrogens is 456 g/mol. The number of carbonyl (C=O) groups is 1. The minimum Gasteiger partial charge on any atom is -0.497 e. The Morgan fingerprint density at radius 1 is 0.824 bits per heavy atom. The van der Waals surface area contributed by atoms with Crippen molar-refractivity contribution in [3.05, 3.63) is 72.3 Å². The van der Waals surface area contributed by atoms with Crippen molar-refractivity contribution in [3.8, 4) is 11.5 Å². The maximum atomic E-state index is 13.1. The van der Waals surface area contributed by atoms with Gasteiger partial charge >= 0.3 is 0 Å². The van der Waals surface area contributed by atoms with E-state index in [1.807, 2.05) is 6.07 Å². The molecule has 1 heterocycles. The van der Waals surface area contributed by atoms with Crippen LogP contribution in [0.4, 0.5) is 17.3 Å². The fraction of sp³-hybridized carbons (Fsp3) is 0.125. The van der Waals surface area contributed by atoms with E-state index in [2.05, 4.69) is 20.0 Å². The highest BCUT2D eigenvalue weighted by Crippen LogP contribution is 2.31. The fourth-order valence-corrected chi connectivity index (χ4v) is 4.24. The Kier molecular flexibility index (Phi) is 6.33. The number of hydrogen-bond acceptors (Lipinski definition) is 8. The third-order valence-electron chi connectivity index (χ3n) is 4.99. The van der Waals surface area contributed by atoms with E-state index < -0.39 is 10.0 Å². The van der Waals surface area contributed by atoms with E-state index in [1.54, 1.807) is 36.4 Å². The van der Waals surface area contributed by atoms with Gasteiger partial charge in [0.2, 0.25) is 0 Å². The van der Waals surface area contributed by atoms with Crippen LogP contribution in [0.3, 0.4) is 0 Å². The van der Waals surface area contributed by atoms with Crippen molar-refractivity contribution >= 4 is 44.2 Å². The van der Waals surface area contributed by atoms with Gasteiger partial charge in [-0.3, -0.25) is 9.52 Å². The number of sulfonamides is 1. The van der Waals surface area contributed by atoms with Crippen LogP contribution in [0.5, 0.6) is 11.5 Å². The number of methoxy groups -OCH3 is 2. The minimum atomic E-state index is -4.02. The van der Waals surface area contributed by atoms with Crippen molar-refractivity contribution in [1.29, 1.82) is 0 Å². The summed E-state index contributed by atoms with van der Waals surface area (Å²) in [6.07, 6.45) is 0. The van der Waals surface area contributed by atoms with E-state index in [-0.39, 0.29) is 22.3 Å². The van der Waals surface area contributed by atoms with Crippen LogP contribution in [0.25, 0.3) is 11.0 Å². The molecular formula is C24H22N4O5S. The zero-order valence-electron chi connectivity index (χ0n) is 18.7. The molecule has 1 aromatic heterocycles. The van der Waals surface area contributed by atoms with Crippen LogP contribution in [0.1, 0.15) is 17.3 Å². The van der Waals surface area contributed by atoms with Crippen molar-refractivity contribution in [2.75, 3.05) is 24.3 Å². The van der Waals surface area contributed by atoms with Crippen LogP contribution in [-0.4, -0.2) is 38.4 Å². The molecule has 10 heteroatoms. The molecule has 4 rings (SSSR count). The van der Waals surface area contributed by atoms with E-state index in [1.165, 1.54) is 45.4 Å². The topological polar surface area (TPSA) is 120 Å². The highest BCUT2D eigenvalue weighted by molar-refractivity contribution is 7.92. The Balaban J connectivity index is 1.76. The molecule has 0 spiro atoms. The predicted octanol–water partition coefficient (Wildman–Crippen LogP) is 4.39. The number of ketones is 1. The molecule has 0 saturated heterocycles. The van der Waals surface area contributed by atoms with Gasteiger partial charge in [-0.1, -0.05) is 24.3 Å². The van der Waals surface area contributed by atoms with Crippen LogP contribution in [-0.2, 0) is 10.0 Å². The van der Waals surface area contributed by atoms with E-state index in [0.29, 0.717) is 33.8 Å². The summed E-state index contributed by atoms with van der Waals surface area (Å²) in [5.74, 6) is 1.14. The van der Waals surface area contributed by atoms with Gasteiger partial charge in [-0.25, -0.2) is 18.4 Å². The second kappa shape index (κ2) is 9.36. The van der Waals surface area contributed by atoms with E-state index in [0.717, 1.165) is 0 Å². The molecule has 3 aromatic carbocycles. The third kappa shape index (κ3) is 4.91. The third-order valence-corrected chi connectivity index (χ3v) is 6.34. The average molecular weight is 479 g/mol. The van der Waals surface area contributed by atoms with E-state index >= 15 is 0 Å². The second-order valence-corrected chi connectivity index (χ2v) is 9.00. The molecule has 0 aliphatic heterocycles. The van der Waals surface area contributed by atoms with Gasteiger partial charge < -0.3 is 14.8 Å². The van der Waals surface area contributed by atoms with Gasteiger partial charge in [0.15, 0.2) is 17.4 Å². The number of fused-ring (bicyclic) bond motifs is 1.